The van der Waals surface area contributed by atoms with Crippen molar-refractivity contribution in [3.8, 4) is 0 Å². The van der Waals surface area contributed by atoms with Crippen molar-refractivity contribution in [3.63, 3.8) is 0 Å². The Morgan fingerprint density at radius 3 is 2.04 bits per heavy atom. The minimum Gasteiger partial charge on any atom is -0.481 e. The van der Waals surface area contributed by atoms with Crippen LogP contribution in [0, 0.1) is 0 Å². The largest absolute Gasteiger partial charge is 0.481 e. The number of hydrogen-bond donors (Lipinski definition) is 2. The zero-order chi connectivity index (χ0) is 17.5. The summed E-state index contributed by atoms with van der Waals surface area (Å²) in [5.41, 5.74) is 0. The summed E-state index contributed by atoms with van der Waals surface area (Å²) >= 11 is 4.79. The molecular formula is C18H32I2O3. The molecule has 0 aliphatic rings. The topological polar surface area (TPSA) is 57.5 Å². The van der Waals surface area contributed by atoms with Crippen LogP contribution in [-0.4, -0.2) is 22.3 Å². The molecule has 0 radical (unpaired) electrons. The first kappa shape index (κ1) is 23.6. The number of hydrogen-bond acceptors (Lipinski definition) is 2. The van der Waals surface area contributed by atoms with Crippen molar-refractivity contribution < 1.29 is 15.0 Å². The van der Waals surface area contributed by atoms with Crippen LogP contribution in [0.1, 0.15) is 90.4 Å². The molecule has 0 aliphatic heterocycles. The van der Waals surface area contributed by atoms with Gasteiger partial charge in [0, 0.05) is 16.4 Å². The molecule has 23 heavy (non-hydrogen) atoms. The smallest absolute Gasteiger partial charge is 0.303 e. The number of carboxylic acids is 1. The van der Waals surface area contributed by atoms with Crippen molar-refractivity contribution in [1.29, 1.82) is 0 Å². The van der Waals surface area contributed by atoms with Crippen molar-refractivity contribution in [2.75, 3.05) is 0 Å². The first-order chi connectivity index (χ1) is 11.0. The minimum atomic E-state index is -0.690. The number of aliphatic hydroxyl groups excluding tert-OH is 1. The van der Waals surface area contributed by atoms with Gasteiger partial charge < -0.3 is 10.2 Å². The molecule has 2 N–H and O–H groups in total. The molecule has 1 unspecified atom stereocenters. The summed E-state index contributed by atoms with van der Waals surface area (Å²) in [6.45, 7) is 2.20. The molecule has 0 aromatic heterocycles. The van der Waals surface area contributed by atoms with Crippen molar-refractivity contribution in [3.05, 3.63) is 7.16 Å². The van der Waals surface area contributed by atoms with Gasteiger partial charge in [-0.3, -0.25) is 4.79 Å². The van der Waals surface area contributed by atoms with Crippen LogP contribution in [0.25, 0.3) is 0 Å². The van der Waals surface area contributed by atoms with Crippen LogP contribution in [0.15, 0.2) is 7.16 Å². The number of carboxylic acid groups (broad SMARTS) is 1. The summed E-state index contributed by atoms with van der Waals surface area (Å²) in [5.74, 6) is -0.690. The molecule has 0 aromatic rings. The van der Waals surface area contributed by atoms with Gasteiger partial charge in [-0.15, -0.1) is 0 Å². The summed E-state index contributed by atoms with van der Waals surface area (Å²) in [6.07, 6.45) is 13.0. The average molecular weight is 550 g/mol. The van der Waals surface area contributed by atoms with E-state index in [0.717, 1.165) is 57.8 Å². The van der Waals surface area contributed by atoms with Crippen LogP contribution in [-0.2, 0) is 4.79 Å². The Hall–Kier alpha value is 0.630. The van der Waals surface area contributed by atoms with E-state index in [1.807, 2.05) is 0 Å². The van der Waals surface area contributed by atoms with Crippen molar-refractivity contribution in [2.24, 2.45) is 0 Å². The van der Waals surface area contributed by atoms with Crippen molar-refractivity contribution in [2.45, 2.75) is 96.5 Å². The fraction of sp³-hybridized carbons (Fsp3) is 0.833. The third kappa shape index (κ3) is 15.9. The molecule has 0 amide bonds. The Morgan fingerprint density at radius 1 is 0.870 bits per heavy atom. The van der Waals surface area contributed by atoms with E-state index in [0.29, 0.717) is 6.42 Å². The van der Waals surface area contributed by atoms with Gasteiger partial charge in [0.05, 0.1) is 6.10 Å². The van der Waals surface area contributed by atoms with Gasteiger partial charge in [-0.25, -0.2) is 0 Å². The van der Waals surface area contributed by atoms with Crippen molar-refractivity contribution in [1.82, 2.24) is 0 Å². The molecule has 0 spiro atoms. The maximum atomic E-state index is 10.4. The van der Waals surface area contributed by atoms with E-state index in [9.17, 15) is 9.90 Å². The second kappa shape index (κ2) is 16.1. The van der Waals surface area contributed by atoms with Crippen LogP contribution in [0.3, 0.4) is 0 Å². The predicted molar refractivity (Wildman–Crippen MR) is 114 cm³/mol. The Labute approximate surface area is 169 Å². The number of unbranched alkanes of at least 4 members (excludes halogenated alkanes) is 7. The highest BCUT2D eigenvalue weighted by Crippen LogP contribution is 2.29. The van der Waals surface area contributed by atoms with E-state index in [1.165, 1.54) is 26.4 Å². The van der Waals surface area contributed by atoms with E-state index in [4.69, 9.17) is 5.11 Å². The summed E-state index contributed by atoms with van der Waals surface area (Å²) in [5, 5.41) is 18.7. The number of aliphatic hydroxyl groups is 1. The molecule has 3 nitrogen and oxygen atoms in total. The Balaban J connectivity index is 3.73. The molecule has 5 heteroatoms. The van der Waals surface area contributed by atoms with Crippen LogP contribution in [0.4, 0.5) is 0 Å². The summed E-state index contributed by atoms with van der Waals surface area (Å²) < 4.78 is 2.68. The number of carbonyl (C=O) groups is 1. The number of aliphatic carboxylic acids is 1. The number of rotatable bonds is 15. The fourth-order valence-electron chi connectivity index (χ4n) is 2.45. The Kier molecular flexibility index (Phi) is 16.6. The molecule has 0 rings (SSSR count). The third-order valence-corrected chi connectivity index (χ3v) is 7.20. The summed E-state index contributed by atoms with van der Waals surface area (Å²) in [6, 6.07) is 0. The molecule has 1 atom stereocenters. The second-order valence-electron chi connectivity index (χ2n) is 6.18. The van der Waals surface area contributed by atoms with E-state index < -0.39 is 5.97 Å². The standard InChI is InChI=1S/C18H32I2O3/c1-2-3-4-8-11-15(21)14-17(20)16(19)12-9-6-5-7-10-13-18(22)23/h15,21H,2-14H2,1H3,(H,22,23)/b17-16+. The highest BCUT2D eigenvalue weighted by Gasteiger charge is 2.09. The molecule has 0 saturated heterocycles. The predicted octanol–water partition coefficient (Wildman–Crippen LogP) is 6.60. The summed E-state index contributed by atoms with van der Waals surface area (Å²) in [7, 11) is 0. The van der Waals surface area contributed by atoms with Crippen LogP contribution >= 0.6 is 45.2 Å². The Morgan fingerprint density at radius 2 is 1.43 bits per heavy atom. The van der Waals surface area contributed by atoms with E-state index >= 15 is 0 Å². The molecule has 0 heterocycles. The van der Waals surface area contributed by atoms with Crippen LogP contribution in [0.2, 0.25) is 0 Å². The lowest BCUT2D eigenvalue weighted by Crippen LogP contribution is -2.06. The summed E-state index contributed by atoms with van der Waals surface area (Å²) in [4.78, 5) is 10.4. The minimum absolute atomic E-state index is 0.195. The Bertz CT molecular complexity index is 343. The van der Waals surface area contributed by atoms with Gasteiger partial charge in [-0.2, -0.15) is 0 Å². The maximum Gasteiger partial charge on any atom is 0.303 e. The van der Waals surface area contributed by atoms with Gasteiger partial charge >= 0.3 is 5.97 Å². The van der Waals surface area contributed by atoms with Gasteiger partial charge in [0.15, 0.2) is 0 Å². The molecule has 0 fully saturated rings. The highest BCUT2D eigenvalue weighted by molar-refractivity contribution is 14.1. The van der Waals surface area contributed by atoms with Crippen LogP contribution in [0.5, 0.6) is 0 Å². The van der Waals surface area contributed by atoms with Gasteiger partial charge in [0.25, 0.3) is 0 Å². The maximum absolute atomic E-state index is 10.4. The lowest BCUT2D eigenvalue weighted by molar-refractivity contribution is -0.137. The van der Waals surface area contributed by atoms with E-state index in [1.54, 1.807) is 0 Å². The highest BCUT2D eigenvalue weighted by atomic mass is 127. The molecule has 0 bridgehead atoms. The third-order valence-electron chi connectivity index (χ3n) is 3.89. The quantitative estimate of drug-likeness (QED) is 0.178. The van der Waals surface area contributed by atoms with Gasteiger partial charge in [0.1, 0.15) is 0 Å². The lowest BCUT2D eigenvalue weighted by atomic mass is 10.1. The molecule has 0 aromatic carbocycles. The zero-order valence-electron chi connectivity index (χ0n) is 14.3. The molecule has 0 saturated carbocycles. The SMILES string of the molecule is CCCCCCC(O)C/C(I)=C(\I)CCCCCCCC(=O)O. The first-order valence-electron chi connectivity index (χ1n) is 8.90. The molecule has 0 aliphatic carbocycles. The molecular weight excluding hydrogens is 518 g/mol. The number of allylic oxidation sites excluding steroid dienone is 1. The second-order valence-corrected chi connectivity index (χ2v) is 8.78. The molecule has 136 valence electrons. The average Bonchev–Trinajstić information content (AvgIpc) is 2.50. The van der Waals surface area contributed by atoms with Gasteiger partial charge in [0.2, 0.25) is 0 Å². The van der Waals surface area contributed by atoms with Gasteiger partial charge in [-0.05, 0) is 74.4 Å². The van der Waals surface area contributed by atoms with E-state index in [2.05, 4.69) is 52.1 Å². The lowest BCUT2D eigenvalue weighted by Gasteiger charge is -2.11. The fourth-order valence-corrected chi connectivity index (χ4v) is 3.83. The number of halogens is 2. The first-order valence-corrected chi connectivity index (χ1v) is 11.1. The monoisotopic (exact) mass is 550 g/mol. The van der Waals surface area contributed by atoms with Crippen LogP contribution < -0.4 is 0 Å². The normalized spacial score (nSPS) is 13.7. The van der Waals surface area contributed by atoms with E-state index in [-0.39, 0.29) is 6.10 Å². The van der Waals surface area contributed by atoms with Gasteiger partial charge in [-0.1, -0.05) is 51.9 Å². The van der Waals surface area contributed by atoms with Crippen molar-refractivity contribution >= 4 is 51.2 Å². The zero-order valence-corrected chi connectivity index (χ0v) is 18.6.